The van der Waals surface area contributed by atoms with E-state index < -0.39 is 42.0 Å². The maximum Gasteiger partial charge on any atom is 0.330 e. The van der Waals surface area contributed by atoms with Gasteiger partial charge in [-0.05, 0) is 19.3 Å². The number of ether oxygens (including phenoxy) is 2. The molecule has 0 aromatic carbocycles. The van der Waals surface area contributed by atoms with Gasteiger partial charge in [-0.1, -0.05) is 26.3 Å². The van der Waals surface area contributed by atoms with Crippen LogP contribution in [0.5, 0.6) is 0 Å². The van der Waals surface area contributed by atoms with Crippen molar-refractivity contribution < 1.29 is 34.1 Å². The molecule has 2 N–H and O–H groups in total. The molecule has 7 nitrogen and oxygen atoms in total. The lowest BCUT2D eigenvalue weighted by Gasteiger charge is -2.27. The third kappa shape index (κ3) is 7.25. The van der Waals surface area contributed by atoms with Gasteiger partial charge in [0.1, 0.15) is 6.10 Å². The second-order valence-corrected chi connectivity index (χ2v) is 6.35. The number of carboxylic acid groups (broad SMARTS) is 1. The van der Waals surface area contributed by atoms with E-state index in [0.717, 1.165) is 18.9 Å². The molecule has 0 spiro atoms. The van der Waals surface area contributed by atoms with Crippen LogP contribution in [0.3, 0.4) is 0 Å². The molecule has 7 heteroatoms. The monoisotopic (exact) mass is 356 g/mol. The number of carbonyl (C=O) groups is 3. The maximum atomic E-state index is 12.2. The third-order valence-corrected chi connectivity index (χ3v) is 4.53. The fraction of sp³-hybridized carbons (Fsp3) is 0.722. The Hall–Kier alpha value is -1.89. The zero-order chi connectivity index (χ0) is 18.8. The first-order chi connectivity index (χ1) is 11.9. The Bertz CT molecular complexity index is 474. The fourth-order valence-electron chi connectivity index (χ4n) is 3.01. The summed E-state index contributed by atoms with van der Waals surface area (Å²) in [6.45, 7) is 5.15. The van der Waals surface area contributed by atoms with Gasteiger partial charge in [0.2, 0.25) is 0 Å². The smallest absolute Gasteiger partial charge is 0.330 e. The first-order valence-electron chi connectivity index (χ1n) is 8.79. The van der Waals surface area contributed by atoms with Crippen LogP contribution >= 0.6 is 0 Å². The van der Waals surface area contributed by atoms with Crippen molar-refractivity contribution in [2.45, 2.75) is 64.1 Å². The number of aliphatic hydroxyl groups excluding tert-OH is 1. The van der Waals surface area contributed by atoms with Crippen LogP contribution < -0.4 is 0 Å². The van der Waals surface area contributed by atoms with Crippen LogP contribution in [0.1, 0.15) is 51.9 Å². The van der Waals surface area contributed by atoms with Crippen molar-refractivity contribution in [3.8, 4) is 0 Å². The molecule has 0 saturated heterocycles. The van der Waals surface area contributed by atoms with Gasteiger partial charge in [0.05, 0.1) is 24.5 Å². The first-order valence-corrected chi connectivity index (χ1v) is 8.79. The average molecular weight is 356 g/mol. The minimum atomic E-state index is -0.967. The van der Waals surface area contributed by atoms with Crippen LogP contribution in [0.25, 0.3) is 0 Å². The van der Waals surface area contributed by atoms with Crippen LogP contribution in [0.2, 0.25) is 0 Å². The SMILES string of the molecule is C=CC(=O)OC(CCOC(=O)C1CCCCC1C(=O)O)CC(O)CC. The molecule has 1 saturated carbocycles. The van der Waals surface area contributed by atoms with E-state index >= 15 is 0 Å². The molecular formula is C18H28O7. The molecule has 0 aromatic heterocycles. The summed E-state index contributed by atoms with van der Waals surface area (Å²) in [4.78, 5) is 34.8. The molecule has 1 fully saturated rings. The molecule has 0 heterocycles. The van der Waals surface area contributed by atoms with Crippen molar-refractivity contribution in [1.29, 1.82) is 0 Å². The van der Waals surface area contributed by atoms with Gasteiger partial charge in [0, 0.05) is 18.9 Å². The van der Waals surface area contributed by atoms with Gasteiger partial charge in [-0.25, -0.2) is 4.79 Å². The molecule has 0 bridgehead atoms. The molecular weight excluding hydrogens is 328 g/mol. The van der Waals surface area contributed by atoms with E-state index in [0.29, 0.717) is 19.3 Å². The third-order valence-electron chi connectivity index (χ3n) is 4.53. The minimum absolute atomic E-state index is 0.00714. The van der Waals surface area contributed by atoms with Crippen molar-refractivity contribution in [1.82, 2.24) is 0 Å². The Kier molecular flexibility index (Phi) is 9.20. The van der Waals surface area contributed by atoms with Gasteiger partial charge in [-0.3, -0.25) is 9.59 Å². The molecule has 0 radical (unpaired) electrons. The van der Waals surface area contributed by atoms with Gasteiger partial charge >= 0.3 is 17.9 Å². The molecule has 1 rings (SSSR count). The van der Waals surface area contributed by atoms with Crippen LogP contribution in [-0.2, 0) is 23.9 Å². The second kappa shape index (κ2) is 10.9. The summed E-state index contributed by atoms with van der Waals surface area (Å²) in [5, 5.41) is 19.0. The minimum Gasteiger partial charge on any atom is -0.481 e. The number of carbonyl (C=O) groups excluding carboxylic acids is 2. The Morgan fingerprint density at radius 2 is 1.88 bits per heavy atom. The van der Waals surface area contributed by atoms with Crippen molar-refractivity contribution >= 4 is 17.9 Å². The molecule has 0 amide bonds. The lowest BCUT2D eigenvalue weighted by atomic mass is 9.79. The summed E-state index contributed by atoms with van der Waals surface area (Å²) >= 11 is 0. The Morgan fingerprint density at radius 3 is 2.44 bits per heavy atom. The van der Waals surface area contributed by atoms with Gasteiger partial charge < -0.3 is 19.7 Å². The summed E-state index contributed by atoms with van der Waals surface area (Å²) in [6.07, 6.45) is 3.45. The Morgan fingerprint density at radius 1 is 1.24 bits per heavy atom. The number of rotatable bonds is 10. The second-order valence-electron chi connectivity index (χ2n) is 6.35. The lowest BCUT2D eigenvalue weighted by Crippen LogP contribution is -2.34. The van der Waals surface area contributed by atoms with E-state index in [1.807, 2.05) is 6.92 Å². The fourth-order valence-corrected chi connectivity index (χ4v) is 3.01. The summed E-state index contributed by atoms with van der Waals surface area (Å²) in [5.41, 5.74) is 0. The normalized spacial score (nSPS) is 22.5. The van der Waals surface area contributed by atoms with Gasteiger partial charge in [-0.15, -0.1) is 0 Å². The highest BCUT2D eigenvalue weighted by Gasteiger charge is 2.36. The molecule has 142 valence electrons. The number of hydrogen-bond acceptors (Lipinski definition) is 6. The van der Waals surface area contributed by atoms with E-state index in [2.05, 4.69) is 6.58 Å². The Labute approximate surface area is 148 Å². The molecule has 1 aliphatic rings. The van der Waals surface area contributed by atoms with Crippen LogP contribution in [-0.4, -0.2) is 46.9 Å². The predicted molar refractivity (Wildman–Crippen MR) is 89.7 cm³/mol. The van der Waals surface area contributed by atoms with Crippen molar-refractivity contribution in [3.05, 3.63) is 12.7 Å². The zero-order valence-electron chi connectivity index (χ0n) is 14.7. The predicted octanol–water partition coefficient (Wildman–Crippen LogP) is 2.07. The quantitative estimate of drug-likeness (QED) is 0.455. The van der Waals surface area contributed by atoms with E-state index in [1.54, 1.807) is 0 Å². The maximum absolute atomic E-state index is 12.2. The van der Waals surface area contributed by atoms with Crippen molar-refractivity contribution in [3.63, 3.8) is 0 Å². The number of aliphatic carboxylic acids is 1. The summed E-state index contributed by atoms with van der Waals surface area (Å²) in [6, 6.07) is 0. The summed E-state index contributed by atoms with van der Waals surface area (Å²) in [5.74, 6) is -3.40. The largest absolute Gasteiger partial charge is 0.481 e. The standard InChI is InChI=1S/C18H28O7/c1-3-12(19)11-13(25-16(20)4-2)9-10-24-18(23)15-8-6-5-7-14(15)17(21)22/h4,12-15,19H,2-3,5-11H2,1H3,(H,21,22). The Balaban J connectivity index is 2.52. The summed E-state index contributed by atoms with van der Waals surface area (Å²) in [7, 11) is 0. The number of aliphatic hydroxyl groups is 1. The molecule has 25 heavy (non-hydrogen) atoms. The first kappa shape index (κ1) is 21.2. The molecule has 0 aromatic rings. The van der Waals surface area contributed by atoms with Crippen molar-refractivity contribution in [2.75, 3.05) is 6.61 Å². The number of esters is 2. The van der Waals surface area contributed by atoms with E-state index in [-0.39, 0.29) is 19.4 Å². The van der Waals surface area contributed by atoms with E-state index in [1.165, 1.54) is 0 Å². The topological polar surface area (TPSA) is 110 Å². The van der Waals surface area contributed by atoms with E-state index in [4.69, 9.17) is 9.47 Å². The highest BCUT2D eigenvalue weighted by Crippen LogP contribution is 2.31. The average Bonchev–Trinajstić information content (AvgIpc) is 2.60. The molecule has 0 aliphatic heterocycles. The van der Waals surface area contributed by atoms with Crippen LogP contribution in [0.4, 0.5) is 0 Å². The summed E-state index contributed by atoms with van der Waals surface area (Å²) < 4.78 is 10.4. The molecule has 1 aliphatic carbocycles. The lowest BCUT2D eigenvalue weighted by molar-refractivity contribution is -0.161. The highest BCUT2D eigenvalue weighted by molar-refractivity contribution is 5.81. The van der Waals surface area contributed by atoms with Crippen LogP contribution in [0.15, 0.2) is 12.7 Å². The van der Waals surface area contributed by atoms with E-state index in [9.17, 15) is 24.6 Å². The van der Waals surface area contributed by atoms with Gasteiger partial charge in [0.25, 0.3) is 0 Å². The number of hydrogen-bond donors (Lipinski definition) is 2. The molecule has 4 atom stereocenters. The highest BCUT2D eigenvalue weighted by atomic mass is 16.6. The zero-order valence-corrected chi connectivity index (χ0v) is 14.7. The number of carboxylic acids is 1. The van der Waals surface area contributed by atoms with Gasteiger partial charge in [-0.2, -0.15) is 0 Å². The molecule has 4 unspecified atom stereocenters. The van der Waals surface area contributed by atoms with Gasteiger partial charge in [0.15, 0.2) is 0 Å². The van der Waals surface area contributed by atoms with Crippen molar-refractivity contribution in [2.24, 2.45) is 11.8 Å². The van der Waals surface area contributed by atoms with Crippen LogP contribution in [0, 0.1) is 11.8 Å².